The number of para-hydroxylation sites is 4. The summed E-state index contributed by atoms with van der Waals surface area (Å²) in [6.45, 7) is 0. The van der Waals surface area contributed by atoms with Crippen molar-refractivity contribution in [2.24, 2.45) is 0 Å². The fourth-order valence-corrected chi connectivity index (χ4v) is 4.44. The smallest absolute Gasteiger partial charge is 0.0899 e. The highest BCUT2D eigenvalue weighted by Gasteiger charge is 2.17. The number of hydrogen-bond donors (Lipinski definition) is 0. The largest absolute Gasteiger partial charge is 0.252 e. The Labute approximate surface area is 205 Å². The number of hydrogen-bond acceptors (Lipinski definition) is 4. The Bertz CT molecular complexity index is 1570. The van der Waals surface area contributed by atoms with E-state index in [1.165, 1.54) is 0 Å². The second-order valence-corrected chi connectivity index (χ2v) is 8.74. The first kappa shape index (κ1) is 20.7. The maximum Gasteiger partial charge on any atom is 0.0899 e. The molecular formula is C28H16Cl2N4. The van der Waals surface area contributed by atoms with E-state index >= 15 is 0 Å². The summed E-state index contributed by atoms with van der Waals surface area (Å²) >= 11 is 12.9. The van der Waals surface area contributed by atoms with E-state index in [1.807, 2.05) is 84.9 Å². The van der Waals surface area contributed by atoms with Crippen LogP contribution >= 0.6 is 23.2 Å². The van der Waals surface area contributed by atoms with E-state index in [9.17, 15) is 0 Å². The van der Waals surface area contributed by atoms with Gasteiger partial charge in [0.25, 0.3) is 0 Å². The lowest BCUT2D eigenvalue weighted by molar-refractivity contribution is 1.29. The molecule has 4 aromatic carbocycles. The van der Waals surface area contributed by atoms with Gasteiger partial charge >= 0.3 is 0 Å². The van der Waals surface area contributed by atoms with Crippen molar-refractivity contribution in [2.45, 2.75) is 0 Å². The molecule has 0 amide bonds. The number of halogens is 2. The summed E-state index contributed by atoms with van der Waals surface area (Å²) in [5, 5.41) is 1.23. The van der Waals surface area contributed by atoms with Crippen LogP contribution in [0.25, 0.3) is 55.7 Å². The highest BCUT2D eigenvalue weighted by Crippen LogP contribution is 2.40. The number of fused-ring (bicyclic) bond motifs is 2. The van der Waals surface area contributed by atoms with Gasteiger partial charge in [0.2, 0.25) is 0 Å². The van der Waals surface area contributed by atoms with Gasteiger partial charge < -0.3 is 0 Å². The van der Waals surface area contributed by atoms with E-state index in [1.54, 1.807) is 12.4 Å². The van der Waals surface area contributed by atoms with Crippen LogP contribution in [0.3, 0.4) is 0 Å². The summed E-state index contributed by atoms with van der Waals surface area (Å²) in [7, 11) is 0. The predicted octanol–water partition coefficient (Wildman–Crippen LogP) is 7.88. The summed E-state index contributed by atoms with van der Waals surface area (Å²) in [5.41, 5.74) is 8.43. The summed E-state index contributed by atoms with van der Waals surface area (Å²) in [4.78, 5) is 18.9. The lowest BCUT2D eigenvalue weighted by Gasteiger charge is -2.15. The van der Waals surface area contributed by atoms with Crippen molar-refractivity contribution in [2.75, 3.05) is 0 Å². The second kappa shape index (κ2) is 8.49. The van der Waals surface area contributed by atoms with E-state index in [0.29, 0.717) is 10.0 Å². The molecule has 0 radical (unpaired) electrons. The molecule has 162 valence electrons. The molecule has 6 aromatic rings. The molecule has 0 aliphatic rings. The van der Waals surface area contributed by atoms with Crippen molar-refractivity contribution < 1.29 is 0 Å². The number of aromatic nitrogens is 4. The molecule has 0 saturated carbocycles. The molecule has 6 rings (SSSR count). The van der Waals surface area contributed by atoms with Crippen LogP contribution in [0.4, 0.5) is 0 Å². The van der Waals surface area contributed by atoms with E-state index in [0.717, 1.165) is 55.7 Å². The number of rotatable bonds is 3. The third kappa shape index (κ3) is 3.77. The zero-order chi connectivity index (χ0) is 23.1. The second-order valence-electron chi connectivity index (χ2n) is 7.87. The van der Waals surface area contributed by atoms with Crippen LogP contribution in [0.5, 0.6) is 0 Å². The van der Waals surface area contributed by atoms with E-state index in [2.05, 4.69) is 9.97 Å². The molecule has 0 saturated heterocycles. The summed E-state index contributed by atoms with van der Waals surface area (Å²) < 4.78 is 0. The first-order valence-corrected chi connectivity index (χ1v) is 11.5. The van der Waals surface area contributed by atoms with Crippen LogP contribution in [0.2, 0.25) is 10.0 Å². The minimum Gasteiger partial charge on any atom is -0.252 e. The molecule has 0 bridgehead atoms. The average Bonchev–Trinajstić information content (AvgIpc) is 2.88. The van der Waals surface area contributed by atoms with Gasteiger partial charge in [0.15, 0.2) is 0 Å². The lowest BCUT2D eigenvalue weighted by Crippen LogP contribution is -1.95. The quantitative estimate of drug-likeness (QED) is 0.259. The van der Waals surface area contributed by atoms with Crippen molar-refractivity contribution in [3.63, 3.8) is 0 Å². The van der Waals surface area contributed by atoms with Gasteiger partial charge in [0.1, 0.15) is 0 Å². The maximum atomic E-state index is 6.47. The predicted molar refractivity (Wildman–Crippen MR) is 139 cm³/mol. The maximum absolute atomic E-state index is 6.47. The summed E-state index contributed by atoms with van der Waals surface area (Å²) in [6, 6.07) is 27.1. The van der Waals surface area contributed by atoms with Crippen LogP contribution in [0.15, 0.2) is 97.3 Å². The minimum absolute atomic E-state index is 0.614. The highest BCUT2D eigenvalue weighted by molar-refractivity contribution is 6.32. The molecule has 0 fully saturated rings. The molecular weight excluding hydrogens is 463 g/mol. The molecule has 2 aromatic heterocycles. The Kier molecular flexibility index (Phi) is 5.17. The van der Waals surface area contributed by atoms with Gasteiger partial charge in [-0.1, -0.05) is 59.6 Å². The van der Waals surface area contributed by atoms with Crippen LogP contribution in [0, 0.1) is 0 Å². The molecule has 0 unspecified atom stereocenters. The van der Waals surface area contributed by atoms with Crippen molar-refractivity contribution in [1.82, 2.24) is 19.9 Å². The Hall–Kier alpha value is -3.86. The number of nitrogens with zero attached hydrogens (tertiary/aromatic N) is 4. The zero-order valence-electron chi connectivity index (χ0n) is 17.8. The van der Waals surface area contributed by atoms with Crippen LogP contribution in [0.1, 0.15) is 0 Å². The summed E-state index contributed by atoms with van der Waals surface area (Å²) in [5.74, 6) is 0. The Morgan fingerprint density at radius 3 is 1.29 bits per heavy atom. The van der Waals surface area contributed by atoms with Gasteiger partial charge in [-0.2, -0.15) is 0 Å². The third-order valence-corrected chi connectivity index (χ3v) is 6.17. The Morgan fingerprint density at radius 2 is 0.853 bits per heavy atom. The molecule has 0 spiro atoms. The van der Waals surface area contributed by atoms with Crippen molar-refractivity contribution >= 4 is 45.3 Å². The van der Waals surface area contributed by atoms with E-state index < -0.39 is 0 Å². The van der Waals surface area contributed by atoms with Crippen molar-refractivity contribution in [3.8, 4) is 33.6 Å². The standard InChI is InChI=1S/C28H16Cl2N4/c29-17-9-11-19(27-15-31-23-5-1-3-7-25(23)33-27)21(13-17)22-14-18(30)10-12-20(22)28-16-32-24-6-2-4-8-26(24)34-28/h1-16H. The van der Waals surface area contributed by atoms with Crippen molar-refractivity contribution in [3.05, 3.63) is 107 Å². The van der Waals surface area contributed by atoms with Crippen LogP contribution in [-0.4, -0.2) is 19.9 Å². The average molecular weight is 479 g/mol. The van der Waals surface area contributed by atoms with Crippen LogP contribution < -0.4 is 0 Å². The molecule has 0 N–H and O–H groups in total. The number of benzene rings is 4. The fourth-order valence-electron chi connectivity index (χ4n) is 4.10. The Balaban J connectivity index is 1.59. The molecule has 34 heavy (non-hydrogen) atoms. The minimum atomic E-state index is 0.614. The lowest BCUT2D eigenvalue weighted by atomic mass is 9.92. The third-order valence-electron chi connectivity index (χ3n) is 5.70. The zero-order valence-corrected chi connectivity index (χ0v) is 19.3. The van der Waals surface area contributed by atoms with Crippen LogP contribution in [-0.2, 0) is 0 Å². The SMILES string of the molecule is Clc1ccc(-c2cnc3ccccc3n2)c(-c2cc(Cl)ccc2-c2cnc3ccccc3n2)c1. The first-order chi connectivity index (χ1) is 16.7. The molecule has 0 aliphatic carbocycles. The van der Waals surface area contributed by atoms with Gasteiger partial charge in [0.05, 0.1) is 45.8 Å². The summed E-state index contributed by atoms with van der Waals surface area (Å²) in [6.07, 6.45) is 3.57. The Morgan fingerprint density at radius 1 is 0.441 bits per heavy atom. The van der Waals surface area contributed by atoms with Crippen molar-refractivity contribution in [1.29, 1.82) is 0 Å². The molecule has 6 heteroatoms. The molecule has 0 aliphatic heterocycles. The topological polar surface area (TPSA) is 51.6 Å². The van der Waals surface area contributed by atoms with E-state index in [-0.39, 0.29) is 0 Å². The molecule has 2 heterocycles. The molecule has 4 nitrogen and oxygen atoms in total. The van der Waals surface area contributed by atoms with Gasteiger partial charge in [0, 0.05) is 21.2 Å². The first-order valence-electron chi connectivity index (χ1n) is 10.7. The monoisotopic (exact) mass is 478 g/mol. The molecule has 0 atom stereocenters. The van der Waals surface area contributed by atoms with Gasteiger partial charge in [-0.25, -0.2) is 9.97 Å². The fraction of sp³-hybridized carbons (Fsp3) is 0. The normalized spacial score (nSPS) is 11.2. The highest BCUT2D eigenvalue weighted by atomic mass is 35.5. The van der Waals surface area contributed by atoms with Gasteiger partial charge in [-0.3, -0.25) is 9.97 Å². The van der Waals surface area contributed by atoms with Gasteiger partial charge in [-0.15, -0.1) is 0 Å². The van der Waals surface area contributed by atoms with E-state index in [4.69, 9.17) is 33.2 Å². The van der Waals surface area contributed by atoms with Gasteiger partial charge in [-0.05, 0) is 59.7 Å².